The molecule has 1 aromatic heterocycles. The molecular weight excluding hydrogens is 328 g/mol. The number of halogens is 1. The van der Waals surface area contributed by atoms with E-state index in [1.54, 1.807) is 0 Å². The van der Waals surface area contributed by atoms with E-state index in [1.807, 2.05) is 31.2 Å². The summed E-state index contributed by atoms with van der Waals surface area (Å²) < 4.78 is 5.23. The quantitative estimate of drug-likeness (QED) is 0.832. The van der Waals surface area contributed by atoms with E-state index >= 15 is 0 Å². The van der Waals surface area contributed by atoms with Crippen LogP contribution >= 0.6 is 12.4 Å². The highest BCUT2D eigenvalue weighted by atomic mass is 35.5. The van der Waals surface area contributed by atoms with Crippen LogP contribution in [0.4, 0.5) is 0 Å². The molecule has 2 aromatic rings. The molecular formula is C17H23ClN4O2. The SMILES string of the molecule is CCc1noc(-c2ccc(CCNC(=O)C3CCNC3)cc2)n1.Cl. The highest BCUT2D eigenvalue weighted by Gasteiger charge is 2.21. The van der Waals surface area contributed by atoms with Crippen molar-refractivity contribution in [3.8, 4) is 11.5 Å². The summed E-state index contributed by atoms with van der Waals surface area (Å²) in [6, 6.07) is 8.03. The average Bonchev–Trinajstić information content (AvgIpc) is 3.27. The number of benzene rings is 1. The topological polar surface area (TPSA) is 80.0 Å². The molecule has 2 heterocycles. The average molecular weight is 351 g/mol. The Morgan fingerprint density at radius 1 is 1.38 bits per heavy atom. The van der Waals surface area contributed by atoms with Gasteiger partial charge < -0.3 is 15.2 Å². The summed E-state index contributed by atoms with van der Waals surface area (Å²) >= 11 is 0. The molecule has 1 aliphatic heterocycles. The third-order valence-corrected chi connectivity index (χ3v) is 4.13. The molecule has 130 valence electrons. The van der Waals surface area contributed by atoms with Gasteiger partial charge in [-0.15, -0.1) is 12.4 Å². The maximum atomic E-state index is 11.9. The zero-order valence-electron chi connectivity index (χ0n) is 13.7. The second-order valence-electron chi connectivity index (χ2n) is 5.80. The fraction of sp³-hybridized carbons (Fsp3) is 0.471. The van der Waals surface area contributed by atoms with Gasteiger partial charge in [-0.25, -0.2) is 0 Å². The summed E-state index contributed by atoms with van der Waals surface area (Å²) in [6.45, 7) is 4.39. The van der Waals surface area contributed by atoms with Gasteiger partial charge in [0.05, 0.1) is 5.92 Å². The zero-order valence-corrected chi connectivity index (χ0v) is 14.6. The van der Waals surface area contributed by atoms with Crippen LogP contribution in [0.3, 0.4) is 0 Å². The molecule has 1 saturated heterocycles. The molecule has 3 rings (SSSR count). The van der Waals surface area contributed by atoms with Crippen LogP contribution in [0.25, 0.3) is 11.5 Å². The first-order valence-electron chi connectivity index (χ1n) is 8.16. The Morgan fingerprint density at radius 2 is 2.17 bits per heavy atom. The summed E-state index contributed by atoms with van der Waals surface area (Å²) in [4.78, 5) is 16.2. The van der Waals surface area contributed by atoms with Gasteiger partial charge in [-0.1, -0.05) is 24.2 Å². The van der Waals surface area contributed by atoms with Gasteiger partial charge in [0.25, 0.3) is 5.89 Å². The number of aromatic nitrogens is 2. The van der Waals surface area contributed by atoms with Gasteiger partial charge in [0.1, 0.15) is 0 Å². The van der Waals surface area contributed by atoms with E-state index < -0.39 is 0 Å². The fourth-order valence-electron chi connectivity index (χ4n) is 2.68. The number of carbonyl (C=O) groups is 1. The minimum Gasteiger partial charge on any atom is -0.355 e. The van der Waals surface area contributed by atoms with Crippen molar-refractivity contribution in [2.45, 2.75) is 26.2 Å². The molecule has 24 heavy (non-hydrogen) atoms. The lowest BCUT2D eigenvalue weighted by Crippen LogP contribution is -2.33. The van der Waals surface area contributed by atoms with E-state index in [0.29, 0.717) is 18.3 Å². The van der Waals surface area contributed by atoms with Gasteiger partial charge in [-0.05, 0) is 37.1 Å². The van der Waals surface area contributed by atoms with Crippen molar-refractivity contribution in [3.63, 3.8) is 0 Å². The van der Waals surface area contributed by atoms with Crippen molar-refractivity contribution < 1.29 is 9.32 Å². The summed E-state index contributed by atoms with van der Waals surface area (Å²) in [7, 11) is 0. The Hall–Kier alpha value is -1.92. The number of hydrogen-bond donors (Lipinski definition) is 2. The molecule has 1 aromatic carbocycles. The Bertz CT molecular complexity index is 651. The molecule has 6 nitrogen and oxygen atoms in total. The van der Waals surface area contributed by atoms with Crippen LogP contribution in [0.5, 0.6) is 0 Å². The lowest BCUT2D eigenvalue weighted by Gasteiger charge is -2.09. The Labute approximate surface area is 147 Å². The minimum atomic E-state index is 0. The molecule has 0 aliphatic carbocycles. The number of amides is 1. The van der Waals surface area contributed by atoms with Gasteiger partial charge in [0.15, 0.2) is 5.82 Å². The van der Waals surface area contributed by atoms with Crippen molar-refractivity contribution in [1.82, 2.24) is 20.8 Å². The molecule has 1 aliphatic rings. The maximum absolute atomic E-state index is 11.9. The number of hydrogen-bond acceptors (Lipinski definition) is 5. The Morgan fingerprint density at radius 3 is 2.79 bits per heavy atom. The number of nitrogens with zero attached hydrogens (tertiary/aromatic N) is 2. The van der Waals surface area contributed by atoms with Gasteiger partial charge in [0, 0.05) is 25.1 Å². The first-order chi connectivity index (χ1) is 11.3. The van der Waals surface area contributed by atoms with Gasteiger partial charge in [-0.2, -0.15) is 4.98 Å². The number of nitrogens with one attached hydrogen (secondary N) is 2. The van der Waals surface area contributed by atoms with Crippen LogP contribution in [0.1, 0.15) is 24.7 Å². The van der Waals surface area contributed by atoms with Gasteiger partial charge >= 0.3 is 0 Å². The standard InChI is InChI=1S/C17H22N4O2.ClH/c1-2-15-20-17(23-21-15)13-5-3-12(4-6-13)7-10-19-16(22)14-8-9-18-11-14;/h3-6,14,18H,2,7-11H2,1H3,(H,19,22);1H. The second-order valence-corrected chi connectivity index (χ2v) is 5.80. The molecule has 1 atom stereocenters. The van der Waals surface area contributed by atoms with E-state index in [2.05, 4.69) is 20.8 Å². The lowest BCUT2D eigenvalue weighted by molar-refractivity contribution is -0.124. The zero-order chi connectivity index (χ0) is 16.1. The molecule has 1 unspecified atom stereocenters. The molecule has 2 N–H and O–H groups in total. The first-order valence-corrected chi connectivity index (χ1v) is 8.16. The number of rotatable bonds is 6. The monoisotopic (exact) mass is 350 g/mol. The summed E-state index contributed by atoms with van der Waals surface area (Å²) in [5, 5.41) is 10.1. The second kappa shape index (κ2) is 8.80. The highest BCUT2D eigenvalue weighted by Crippen LogP contribution is 2.18. The minimum absolute atomic E-state index is 0. The maximum Gasteiger partial charge on any atom is 0.257 e. The molecule has 0 saturated carbocycles. The third kappa shape index (κ3) is 4.55. The van der Waals surface area contributed by atoms with Gasteiger partial charge in [-0.3, -0.25) is 4.79 Å². The normalized spacial score (nSPS) is 16.6. The van der Waals surface area contributed by atoms with E-state index in [1.165, 1.54) is 5.56 Å². The number of carbonyl (C=O) groups excluding carboxylic acids is 1. The first kappa shape index (κ1) is 18.4. The molecule has 0 spiro atoms. The van der Waals surface area contributed by atoms with Crippen LogP contribution in [-0.4, -0.2) is 35.7 Å². The van der Waals surface area contributed by atoms with Crippen molar-refractivity contribution >= 4 is 18.3 Å². The highest BCUT2D eigenvalue weighted by molar-refractivity contribution is 5.85. The predicted molar refractivity (Wildman–Crippen MR) is 94.1 cm³/mol. The van der Waals surface area contributed by atoms with Crippen LogP contribution in [0, 0.1) is 5.92 Å². The van der Waals surface area contributed by atoms with Crippen molar-refractivity contribution in [1.29, 1.82) is 0 Å². The van der Waals surface area contributed by atoms with E-state index in [9.17, 15) is 4.79 Å². The molecule has 0 bridgehead atoms. The molecule has 1 amide bonds. The van der Waals surface area contributed by atoms with Crippen LogP contribution < -0.4 is 10.6 Å². The van der Waals surface area contributed by atoms with E-state index in [4.69, 9.17) is 4.52 Å². The van der Waals surface area contributed by atoms with Crippen molar-refractivity contribution in [2.24, 2.45) is 5.92 Å². The largest absolute Gasteiger partial charge is 0.355 e. The summed E-state index contributed by atoms with van der Waals surface area (Å²) in [5.74, 6) is 1.55. The lowest BCUT2D eigenvalue weighted by atomic mass is 10.1. The molecule has 1 fully saturated rings. The van der Waals surface area contributed by atoms with Crippen molar-refractivity contribution in [2.75, 3.05) is 19.6 Å². The van der Waals surface area contributed by atoms with E-state index in [0.717, 1.165) is 37.9 Å². The van der Waals surface area contributed by atoms with Crippen molar-refractivity contribution in [3.05, 3.63) is 35.7 Å². The summed E-state index contributed by atoms with van der Waals surface area (Å²) in [5.41, 5.74) is 2.09. The fourth-order valence-corrected chi connectivity index (χ4v) is 2.68. The smallest absolute Gasteiger partial charge is 0.257 e. The summed E-state index contributed by atoms with van der Waals surface area (Å²) in [6.07, 6.45) is 2.51. The van der Waals surface area contributed by atoms with Crippen LogP contribution in [-0.2, 0) is 17.6 Å². The molecule has 7 heteroatoms. The van der Waals surface area contributed by atoms with Crippen LogP contribution in [0.15, 0.2) is 28.8 Å². The van der Waals surface area contributed by atoms with E-state index in [-0.39, 0.29) is 24.2 Å². The Balaban J connectivity index is 0.00000208. The molecule has 0 radical (unpaired) electrons. The van der Waals surface area contributed by atoms with Crippen LogP contribution in [0.2, 0.25) is 0 Å². The predicted octanol–water partition coefficient (Wildman–Crippen LogP) is 1.99. The van der Waals surface area contributed by atoms with Gasteiger partial charge in [0.2, 0.25) is 5.91 Å². The number of aryl methyl sites for hydroxylation is 1. The Kier molecular flexibility index (Phi) is 6.75. The third-order valence-electron chi connectivity index (χ3n) is 4.13.